The van der Waals surface area contributed by atoms with Gasteiger partial charge in [0.15, 0.2) is 0 Å². The highest BCUT2D eigenvalue weighted by Gasteiger charge is 2.14. The molecule has 0 aliphatic heterocycles. The Balaban J connectivity index is 2.58. The number of urea groups is 1. The van der Waals surface area contributed by atoms with Crippen molar-refractivity contribution in [1.29, 1.82) is 0 Å². The fourth-order valence-corrected chi connectivity index (χ4v) is 1.63. The van der Waals surface area contributed by atoms with Crippen LogP contribution in [0.1, 0.15) is 20.3 Å². The minimum Gasteiger partial charge on any atom is -0.433 e. The number of aliphatic hydroxyl groups is 1. The van der Waals surface area contributed by atoms with E-state index in [-0.39, 0.29) is 23.9 Å². The standard InChI is InChI=1S/C14H19F3N2O3/c1-8(2)11(20)5-6-18-14(21)19-10-7-9(15)3-4-12(10)22-13(16)17/h3-4,7-8,11,13,20H,5-6H2,1-2H3,(H2,18,19,21). The maximum Gasteiger partial charge on any atom is 0.387 e. The van der Waals surface area contributed by atoms with Crippen molar-refractivity contribution in [1.82, 2.24) is 5.32 Å². The molecule has 1 atom stereocenters. The first-order valence-electron chi connectivity index (χ1n) is 6.77. The van der Waals surface area contributed by atoms with Crippen LogP contribution in [0.4, 0.5) is 23.7 Å². The summed E-state index contributed by atoms with van der Waals surface area (Å²) in [5.41, 5.74) is -0.206. The molecule has 0 saturated carbocycles. The van der Waals surface area contributed by atoms with E-state index in [9.17, 15) is 23.1 Å². The highest BCUT2D eigenvalue weighted by Crippen LogP contribution is 2.26. The van der Waals surface area contributed by atoms with Gasteiger partial charge in [0.1, 0.15) is 11.6 Å². The number of nitrogens with one attached hydrogen (secondary N) is 2. The van der Waals surface area contributed by atoms with Gasteiger partial charge in [-0.1, -0.05) is 13.8 Å². The molecule has 124 valence electrons. The highest BCUT2D eigenvalue weighted by molar-refractivity contribution is 5.90. The van der Waals surface area contributed by atoms with E-state index < -0.39 is 24.6 Å². The monoisotopic (exact) mass is 320 g/mol. The molecule has 1 rings (SSSR count). The molecule has 2 amide bonds. The second-order valence-corrected chi connectivity index (χ2v) is 5.00. The van der Waals surface area contributed by atoms with Crippen LogP contribution in [0.5, 0.6) is 5.75 Å². The van der Waals surface area contributed by atoms with Gasteiger partial charge >= 0.3 is 12.6 Å². The number of benzene rings is 1. The molecule has 0 saturated heterocycles. The average molecular weight is 320 g/mol. The van der Waals surface area contributed by atoms with Crippen molar-refractivity contribution >= 4 is 11.7 Å². The van der Waals surface area contributed by atoms with Crippen molar-refractivity contribution < 1.29 is 27.8 Å². The smallest absolute Gasteiger partial charge is 0.387 e. The van der Waals surface area contributed by atoms with E-state index in [4.69, 9.17) is 0 Å². The molecule has 1 unspecified atom stereocenters. The van der Waals surface area contributed by atoms with Crippen molar-refractivity contribution in [2.45, 2.75) is 33.0 Å². The normalized spacial score (nSPS) is 12.4. The number of rotatable bonds is 7. The van der Waals surface area contributed by atoms with Crippen LogP contribution in [0, 0.1) is 11.7 Å². The SMILES string of the molecule is CC(C)C(O)CCNC(=O)Nc1cc(F)ccc1OC(F)F. The van der Waals surface area contributed by atoms with Gasteiger partial charge < -0.3 is 20.5 Å². The molecule has 22 heavy (non-hydrogen) atoms. The number of anilines is 1. The summed E-state index contributed by atoms with van der Waals surface area (Å²) in [6.07, 6.45) is -0.221. The van der Waals surface area contributed by atoms with E-state index in [0.29, 0.717) is 6.42 Å². The van der Waals surface area contributed by atoms with E-state index in [1.807, 2.05) is 13.8 Å². The van der Waals surface area contributed by atoms with Gasteiger partial charge in [-0.2, -0.15) is 8.78 Å². The number of amides is 2. The zero-order chi connectivity index (χ0) is 16.7. The van der Waals surface area contributed by atoms with Crippen molar-refractivity contribution in [2.24, 2.45) is 5.92 Å². The Labute approximate surface area is 126 Å². The highest BCUT2D eigenvalue weighted by atomic mass is 19.3. The molecule has 0 aliphatic rings. The van der Waals surface area contributed by atoms with Crippen LogP contribution in [0.2, 0.25) is 0 Å². The molecule has 0 aliphatic carbocycles. The van der Waals surface area contributed by atoms with Gasteiger partial charge in [0.2, 0.25) is 0 Å². The third kappa shape index (κ3) is 6.21. The van der Waals surface area contributed by atoms with Gasteiger partial charge in [0, 0.05) is 12.6 Å². The maximum atomic E-state index is 13.1. The lowest BCUT2D eigenvalue weighted by Crippen LogP contribution is -2.32. The molecule has 1 aromatic carbocycles. The summed E-state index contributed by atoms with van der Waals surface area (Å²) in [6, 6.07) is 2.11. The Morgan fingerprint density at radius 3 is 2.64 bits per heavy atom. The van der Waals surface area contributed by atoms with Gasteiger partial charge in [-0.15, -0.1) is 0 Å². The summed E-state index contributed by atoms with van der Waals surface area (Å²) in [5, 5.41) is 14.3. The van der Waals surface area contributed by atoms with Crippen LogP contribution < -0.4 is 15.4 Å². The average Bonchev–Trinajstić information content (AvgIpc) is 2.41. The van der Waals surface area contributed by atoms with Gasteiger partial charge in [0.25, 0.3) is 0 Å². The number of halogens is 3. The first kappa shape index (κ1) is 18.1. The molecule has 0 radical (unpaired) electrons. The van der Waals surface area contributed by atoms with Crippen LogP contribution in [-0.2, 0) is 0 Å². The van der Waals surface area contributed by atoms with Crippen molar-refractivity contribution in [3.05, 3.63) is 24.0 Å². The van der Waals surface area contributed by atoms with E-state index in [0.717, 1.165) is 18.2 Å². The number of hydrogen-bond donors (Lipinski definition) is 3. The van der Waals surface area contributed by atoms with E-state index >= 15 is 0 Å². The van der Waals surface area contributed by atoms with Gasteiger partial charge in [-0.05, 0) is 24.5 Å². The molecule has 0 fully saturated rings. The fraction of sp³-hybridized carbons (Fsp3) is 0.500. The maximum absolute atomic E-state index is 13.1. The number of carbonyl (C=O) groups is 1. The first-order valence-corrected chi connectivity index (χ1v) is 6.77. The Morgan fingerprint density at radius 1 is 1.36 bits per heavy atom. The summed E-state index contributed by atoms with van der Waals surface area (Å²) in [5.74, 6) is -0.986. The molecule has 0 spiro atoms. The molecule has 8 heteroatoms. The summed E-state index contributed by atoms with van der Waals surface area (Å²) >= 11 is 0. The summed E-state index contributed by atoms with van der Waals surface area (Å²) < 4.78 is 41.8. The van der Waals surface area contributed by atoms with Crippen molar-refractivity contribution in [2.75, 3.05) is 11.9 Å². The molecule has 0 aromatic heterocycles. The predicted molar refractivity (Wildman–Crippen MR) is 75.5 cm³/mol. The fourth-order valence-electron chi connectivity index (χ4n) is 1.63. The number of alkyl halides is 2. The van der Waals surface area contributed by atoms with Gasteiger partial charge in [-0.25, -0.2) is 9.18 Å². The Bertz CT molecular complexity index is 498. The quantitative estimate of drug-likeness (QED) is 0.723. The van der Waals surface area contributed by atoms with E-state index in [1.54, 1.807) is 0 Å². The number of carbonyl (C=O) groups excluding carboxylic acids is 1. The van der Waals surface area contributed by atoms with Crippen molar-refractivity contribution in [3.8, 4) is 5.75 Å². The zero-order valence-corrected chi connectivity index (χ0v) is 12.3. The van der Waals surface area contributed by atoms with Gasteiger partial charge in [-0.3, -0.25) is 0 Å². The summed E-state index contributed by atoms with van der Waals surface area (Å²) in [7, 11) is 0. The lowest BCUT2D eigenvalue weighted by molar-refractivity contribution is -0.0494. The van der Waals surface area contributed by atoms with Crippen LogP contribution >= 0.6 is 0 Å². The minimum atomic E-state index is -3.09. The summed E-state index contributed by atoms with van der Waals surface area (Å²) in [4.78, 5) is 11.6. The zero-order valence-electron chi connectivity index (χ0n) is 12.3. The van der Waals surface area contributed by atoms with Crippen LogP contribution in [0.15, 0.2) is 18.2 Å². The number of hydrogen-bond acceptors (Lipinski definition) is 3. The largest absolute Gasteiger partial charge is 0.433 e. The molecule has 5 nitrogen and oxygen atoms in total. The lowest BCUT2D eigenvalue weighted by atomic mass is 10.0. The second-order valence-electron chi connectivity index (χ2n) is 5.00. The molecule has 0 bridgehead atoms. The second kappa shape index (κ2) is 8.47. The molecular formula is C14H19F3N2O3. The molecule has 3 N–H and O–H groups in total. The Morgan fingerprint density at radius 2 is 2.05 bits per heavy atom. The third-order valence-corrected chi connectivity index (χ3v) is 2.90. The minimum absolute atomic E-state index is 0.0547. The molecule has 1 aromatic rings. The Hall–Kier alpha value is -1.96. The van der Waals surface area contributed by atoms with Crippen molar-refractivity contribution in [3.63, 3.8) is 0 Å². The van der Waals surface area contributed by atoms with E-state index in [2.05, 4.69) is 15.4 Å². The number of ether oxygens (including phenoxy) is 1. The first-order chi connectivity index (χ1) is 10.3. The van der Waals surface area contributed by atoms with Crippen LogP contribution in [0.3, 0.4) is 0 Å². The van der Waals surface area contributed by atoms with Crippen LogP contribution in [0.25, 0.3) is 0 Å². The molecule has 0 heterocycles. The topological polar surface area (TPSA) is 70.6 Å². The van der Waals surface area contributed by atoms with Crippen LogP contribution in [-0.4, -0.2) is 30.4 Å². The number of aliphatic hydroxyl groups excluding tert-OH is 1. The predicted octanol–water partition coefficient (Wildman–Crippen LogP) is 2.96. The third-order valence-electron chi connectivity index (χ3n) is 2.90. The van der Waals surface area contributed by atoms with E-state index in [1.165, 1.54) is 0 Å². The molecular weight excluding hydrogens is 301 g/mol. The lowest BCUT2D eigenvalue weighted by Gasteiger charge is -2.15. The summed E-state index contributed by atoms with van der Waals surface area (Å²) in [6.45, 7) is 0.776. The van der Waals surface area contributed by atoms with Gasteiger partial charge in [0.05, 0.1) is 11.8 Å². The Kier molecular flexibility index (Phi) is 6.97.